The topological polar surface area (TPSA) is 21.7 Å². The van der Waals surface area contributed by atoms with Gasteiger partial charge in [0.2, 0.25) is 0 Å². The molecule has 0 aromatic carbocycles. The van der Waals surface area contributed by atoms with Gasteiger partial charge < -0.3 is 9.47 Å². The van der Waals surface area contributed by atoms with Crippen molar-refractivity contribution in [1.82, 2.24) is 4.90 Å². The second kappa shape index (κ2) is 13.9. The van der Waals surface area contributed by atoms with E-state index in [1.165, 1.54) is 0 Å². The summed E-state index contributed by atoms with van der Waals surface area (Å²) < 4.78 is 11.0. The van der Waals surface area contributed by atoms with Crippen molar-refractivity contribution in [1.29, 1.82) is 0 Å². The van der Waals surface area contributed by atoms with Crippen molar-refractivity contribution in [2.75, 3.05) is 46.1 Å². The molecule has 0 aliphatic carbocycles. The van der Waals surface area contributed by atoms with Crippen molar-refractivity contribution >= 4 is 0 Å². The minimum atomic E-state index is 0.832. The molecule has 1 radical (unpaired) electrons. The van der Waals surface area contributed by atoms with Crippen molar-refractivity contribution in [2.24, 2.45) is 0 Å². The van der Waals surface area contributed by atoms with Crippen LogP contribution in [0.2, 0.25) is 0 Å². The SMILES string of the molecule is [CH2]CCCN(CCOCCC)CCOCCC. The molecular weight excluding hydrogens is 214 g/mol. The van der Waals surface area contributed by atoms with Crippen LogP contribution >= 0.6 is 0 Å². The number of ether oxygens (including phenoxy) is 2. The summed E-state index contributed by atoms with van der Waals surface area (Å²) in [7, 11) is 0. The van der Waals surface area contributed by atoms with Crippen LogP contribution in [0.1, 0.15) is 39.5 Å². The highest BCUT2D eigenvalue weighted by Gasteiger charge is 2.03. The molecule has 0 aliphatic heterocycles. The summed E-state index contributed by atoms with van der Waals surface area (Å²) >= 11 is 0. The molecule has 0 amide bonds. The summed E-state index contributed by atoms with van der Waals surface area (Å²) in [6.07, 6.45) is 4.35. The van der Waals surface area contributed by atoms with E-state index in [1.807, 2.05) is 0 Å². The van der Waals surface area contributed by atoms with Gasteiger partial charge in [0.25, 0.3) is 0 Å². The second-order valence-electron chi connectivity index (χ2n) is 4.27. The first-order chi connectivity index (χ1) is 8.35. The lowest BCUT2D eigenvalue weighted by molar-refractivity contribution is 0.0745. The lowest BCUT2D eigenvalue weighted by atomic mass is 10.3. The molecule has 0 saturated heterocycles. The number of nitrogens with zero attached hydrogens (tertiary/aromatic N) is 1. The maximum atomic E-state index is 5.52. The van der Waals surface area contributed by atoms with Gasteiger partial charge >= 0.3 is 0 Å². The van der Waals surface area contributed by atoms with Gasteiger partial charge in [-0.1, -0.05) is 27.2 Å². The highest BCUT2D eigenvalue weighted by atomic mass is 16.5. The van der Waals surface area contributed by atoms with Crippen LogP contribution in [0.4, 0.5) is 0 Å². The molecule has 3 nitrogen and oxygen atoms in total. The first-order valence-electron chi connectivity index (χ1n) is 7.02. The summed E-state index contributed by atoms with van der Waals surface area (Å²) in [5.74, 6) is 0. The van der Waals surface area contributed by atoms with Crippen LogP contribution in [-0.2, 0) is 9.47 Å². The molecule has 0 spiro atoms. The first-order valence-corrected chi connectivity index (χ1v) is 7.02. The molecule has 0 aromatic heterocycles. The Morgan fingerprint density at radius 2 is 1.35 bits per heavy atom. The number of unbranched alkanes of at least 4 members (excludes halogenated alkanes) is 1. The number of rotatable bonds is 13. The van der Waals surface area contributed by atoms with Crippen molar-refractivity contribution in [3.05, 3.63) is 6.92 Å². The standard InChI is InChI=1S/C14H30NO2/c1-4-7-8-15(9-13-16-11-5-2)10-14-17-12-6-3/h1,4-14H2,2-3H3. The Kier molecular flexibility index (Phi) is 13.8. The first kappa shape index (κ1) is 16.9. The van der Waals surface area contributed by atoms with Crippen LogP contribution < -0.4 is 0 Å². The quantitative estimate of drug-likeness (QED) is 0.465. The zero-order chi connectivity index (χ0) is 12.8. The predicted octanol–water partition coefficient (Wildman–Crippen LogP) is 2.76. The Hall–Kier alpha value is -0.120. The minimum absolute atomic E-state index is 0.832. The molecule has 0 aromatic rings. The summed E-state index contributed by atoms with van der Waals surface area (Å²) in [6.45, 7) is 14.7. The van der Waals surface area contributed by atoms with Gasteiger partial charge in [0, 0.05) is 26.3 Å². The third kappa shape index (κ3) is 12.1. The third-order valence-electron chi connectivity index (χ3n) is 2.52. The monoisotopic (exact) mass is 244 g/mol. The molecular formula is C14H30NO2. The second-order valence-corrected chi connectivity index (χ2v) is 4.27. The number of hydrogen-bond donors (Lipinski definition) is 0. The molecule has 0 bridgehead atoms. The van der Waals surface area contributed by atoms with Crippen LogP contribution in [0.3, 0.4) is 0 Å². The highest BCUT2D eigenvalue weighted by Crippen LogP contribution is 1.96. The fourth-order valence-electron chi connectivity index (χ4n) is 1.55. The Balaban J connectivity index is 3.56. The lowest BCUT2D eigenvalue weighted by Gasteiger charge is -2.21. The largest absolute Gasteiger partial charge is 0.380 e. The average Bonchev–Trinajstić information content (AvgIpc) is 2.35. The summed E-state index contributed by atoms with van der Waals surface area (Å²) in [5.41, 5.74) is 0. The Bertz CT molecular complexity index is 130. The summed E-state index contributed by atoms with van der Waals surface area (Å²) in [6, 6.07) is 0. The highest BCUT2D eigenvalue weighted by molar-refractivity contribution is 4.58. The summed E-state index contributed by atoms with van der Waals surface area (Å²) in [5, 5.41) is 0. The molecule has 0 atom stereocenters. The molecule has 17 heavy (non-hydrogen) atoms. The fraction of sp³-hybridized carbons (Fsp3) is 0.929. The van der Waals surface area contributed by atoms with Crippen LogP contribution in [0.5, 0.6) is 0 Å². The molecule has 0 aliphatic rings. The normalized spacial score (nSPS) is 11.3. The smallest absolute Gasteiger partial charge is 0.0593 e. The van der Waals surface area contributed by atoms with Gasteiger partial charge in [-0.05, 0) is 25.8 Å². The van der Waals surface area contributed by atoms with E-state index in [0.29, 0.717) is 0 Å². The molecule has 0 fully saturated rings. The van der Waals surface area contributed by atoms with Gasteiger partial charge in [-0.2, -0.15) is 0 Å². The molecule has 0 heterocycles. The molecule has 103 valence electrons. The minimum Gasteiger partial charge on any atom is -0.380 e. The maximum absolute atomic E-state index is 5.52. The Morgan fingerprint density at radius 1 is 0.824 bits per heavy atom. The van der Waals surface area contributed by atoms with Gasteiger partial charge in [-0.3, -0.25) is 4.90 Å². The van der Waals surface area contributed by atoms with E-state index in [1.54, 1.807) is 0 Å². The van der Waals surface area contributed by atoms with Gasteiger partial charge in [0.1, 0.15) is 0 Å². The Morgan fingerprint density at radius 3 is 1.76 bits per heavy atom. The van der Waals surface area contributed by atoms with Gasteiger partial charge in [-0.15, -0.1) is 0 Å². The molecule has 0 rings (SSSR count). The molecule has 0 saturated carbocycles. The average molecular weight is 244 g/mol. The van der Waals surface area contributed by atoms with Crippen molar-refractivity contribution in [2.45, 2.75) is 39.5 Å². The molecule has 0 N–H and O–H groups in total. The van der Waals surface area contributed by atoms with Crippen LogP contribution in [0.15, 0.2) is 0 Å². The lowest BCUT2D eigenvalue weighted by Crippen LogP contribution is -2.32. The van der Waals surface area contributed by atoms with Gasteiger partial charge in [-0.25, -0.2) is 0 Å². The van der Waals surface area contributed by atoms with Crippen molar-refractivity contribution < 1.29 is 9.47 Å². The molecule has 0 unspecified atom stereocenters. The molecule has 3 heteroatoms. The van der Waals surface area contributed by atoms with Gasteiger partial charge in [0.15, 0.2) is 0 Å². The van der Waals surface area contributed by atoms with Crippen molar-refractivity contribution in [3.63, 3.8) is 0 Å². The van der Waals surface area contributed by atoms with E-state index in [0.717, 1.165) is 71.7 Å². The Labute approximate surface area is 107 Å². The third-order valence-corrected chi connectivity index (χ3v) is 2.52. The van der Waals surface area contributed by atoms with Crippen LogP contribution in [0, 0.1) is 6.92 Å². The van der Waals surface area contributed by atoms with Crippen LogP contribution in [-0.4, -0.2) is 51.0 Å². The van der Waals surface area contributed by atoms with E-state index in [4.69, 9.17) is 9.47 Å². The van der Waals surface area contributed by atoms with E-state index in [2.05, 4.69) is 25.7 Å². The van der Waals surface area contributed by atoms with E-state index < -0.39 is 0 Å². The van der Waals surface area contributed by atoms with Crippen LogP contribution in [0.25, 0.3) is 0 Å². The number of hydrogen-bond acceptors (Lipinski definition) is 3. The zero-order valence-corrected chi connectivity index (χ0v) is 11.7. The van der Waals surface area contributed by atoms with E-state index in [9.17, 15) is 0 Å². The predicted molar refractivity (Wildman–Crippen MR) is 73.3 cm³/mol. The summed E-state index contributed by atoms with van der Waals surface area (Å²) in [4.78, 5) is 2.41. The fourth-order valence-corrected chi connectivity index (χ4v) is 1.55. The van der Waals surface area contributed by atoms with E-state index >= 15 is 0 Å². The van der Waals surface area contributed by atoms with E-state index in [-0.39, 0.29) is 0 Å². The van der Waals surface area contributed by atoms with Crippen molar-refractivity contribution in [3.8, 4) is 0 Å². The zero-order valence-electron chi connectivity index (χ0n) is 11.7. The maximum Gasteiger partial charge on any atom is 0.0593 e. The van der Waals surface area contributed by atoms with Gasteiger partial charge in [0.05, 0.1) is 13.2 Å².